The fourth-order valence-corrected chi connectivity index (χ4v) is 4.38. The number of rotatable bonds is 8. The number of carbonyl (C=O) groups excluding carboxylic acids is 3. The second-order valence-electron chi connectivity index (χ2n) is 9.43. The molecule has 0 aliphatic heterocycles. The van der Waals surface area contributed by atoms with E-state index in [4.69, 9.17) is 0 Å². The van der Waals surface area contributed by atoms with Crippen molar-refractivity contribution in [3.8, 4) is 11.4 Å². The molecule has 6 rings (SSSR count). The topological polar surface area (TPSA) is 111 Å². The van der Waals surface area contributed by atoms with Gasteiger partial charge < -0.3 is 19.8 Å². The summed E-state index contributed by atoms with van der Waals surface area (Å²) in [4.78, 5) is 46.4. The van der Waals surface area contributed by atoms with Gasteiger partial charge in [0.2, 0.25) is 0 Å². The van der Waals surface area contributed by atoms with Crippen molar-refractivity contribution in [2.75, 3.05) is 10.6 Å². The average Bonchev–Trinajstić information content (AvgIpc) is 3.77. The van der Waals surface area contributed by atoms with E-state index in [2.05, 4.69) is 20.6 Å². The minimum Gasteiger partial charge on any atom is -0.322 e. The summed E-state index contributed by atoms with van der Waals surface area (Å²) in [6.45, 7) is 0. The molecule has 2 amide bonds. The van der Waals surface area contributed by atoms with Crippen LogP contribution in [-0.4, -0.2) is 36.7 Å². The summed E-state index contributed by atoms with van der Waals surface area (Å²) in [6, 6.07) is 27.8. The Morgan fingerprint density at radius 2 is 0.833 bits per heavy atom. The molecule has 6 aromatic rings. The number of imidazole rings is 2. The van der Waals surface area contributed by atoms with E-state index in [1.165, 1.54) is 0 Å². The zero-order valence-corrected chi connectivity index (χ0v) is 22.2. The SMILES string of the molecule is O=C(Nc1ccc(C(=O)c2ccc(NC(=O)c3ccc(-n4ccnc4)cc3)cc2)cc1)c1ccc(-n2ccnc2)cc1. The Labute approximate surface area is 241 Å². The molecule has 0 aliphatic rings. The number of ketones is 1. The van der Waals surface area contributed by atoms with Crippen LogP contribution in [0.3, 0.4) is 0 Å². The third-order valence-corrected chi connectivity index (χ3v) is 6.67. The molecule has 9 heteroatoms. The highest BCUT2D eigenvalue weighted by atomic mass is 16.2. The number of nitrogens with zero attached hydrogens (tertiary/aromatic N) is 4. The minimum absolute atomic E-state index is 0.170. The van der Waals surface area contributed by atoms with E-state index in [0.29, 0.717) is 33.6 Å². The van der Waals surface area contributed by atoms with Gasteiger partial charge in [0.15, 0.2) is 5.78 Å². The van der Waals surface area contributed by atoms with E-state index < -0.39 is 0 Å². The van der Waals surface area contributed by atoms with Gasteiger partial charge in [-0.15, -0.1) is 0 Å². The number of aromatic nitrogens is 4. The summed E-state index contributed by atoms with van der Waals surface area (Å²) in [7, 11) is 0. The van der Waals surface area contributed by atoms with E-state index in [9.17, 15) is 14.4 Å². The highest BCUT2D eigenvalue weighted by Crippen LogP contribution is 2.18. The molecule has 2 heterocycles. The van der Waals surface area contributed by atoms with Crippen LogP contribution >= 0.6 is 0 Å². The van der Waals surface area contributed by atoms with E-state index in [1.54, 1.807) is 97.8 Å². The van der Waals surface area contributed by atoms with Crippen LogP contribution in [0.25, 0.3) is 11.4 Å². The molecule has 0 saturated heterocycles. The Kier molecular flexibility index (Phi) is 7.20. The van der Waals surface area contributed by atoms with E-state index in [0.717, 1.165) is 11.4 Å². The number of nitrogens with one attached hydrogen (secondary N) is 2. The first-order valence-electron chi connectivity index (χ1n) is 13.1. The highest BCUT2D eigenvalue weighted by molar-refractivity contribution is 6.10. The molecule has 0 unspecified atom stereocenters. The van der Waals surface area contributed by atoms with Gasteiger partial charge in [-0.25, -0.2) is 9.97 Å². The van der Waals surface area contributed by atoms with E-state index in [-0.39, 0.29) is 17.6 Å². The van der Waals surface area contributed by atoms with Crippen molar-refractivity contribution in [1.29, 1.82) is 0 Å². The van der Waals surface area contributed by atoms with Crippen LogP contribution in [0.4, 0.5) is 11.4 Å². The maximum absolute atomic E-state index is 13.0. The van der Waals surface area contributed by atoms with Crippen LogP contribution in [0.15, 0.2) is 135 Å². The van der Waals surface area contributed by atoms with Crippen molar-refractivity contribution in [2.45, 2.75) is 0 Å². The van der Waals surface area contributed by atoms with Gasteiger partial charge in [-0.3, -0.25) is 14.4 Å². The lowest BCUT2D eigenvalue weighted by Gasteiger charge is -2.09. The van der Waals surface area contributed by atoms with Crippen molar-refractivity contribution < 1.29 is 14.4 Å². The smallest absolute Gasteiger partial charge is 0.255 e. The fourth-order valence-electron chi connectivity index (χ4n) is 4.38. The molecule has 0 bridgehead atoms. The van der Waals surface area contributed by atoms with Gasteiger partial charge in [-0.2, -0.15) is 0 Å². The first-order valence-corrected chi connectivity index (χ1v) is 13.1. The van der Waals surface area contributed by atoms with Gasteiger partial charge in [0.1, 0.15) is 0 Å². The number of hydrogen-bond acceptors (Lipinski definition) is 5. The van der Waals surface area contributed by atoms with Gasteiger partial charge in [-0.1, -0.05) is 0 Å². The number of benzene rings is 4. The number of anilines is 2. The van der Waals surface area contributed by atoms with Gasteiger partial charge in [0.25, 0.3) is 11.8 Å². The molecular formula is C33H24N6O3. The molecule has 0 spiro atoms. The predicted molar refractivity (Wildman–Crippen MR) is 159 cm³/mol. The zero-order valence-electron chi connectivity index (χ0n) is 22.2. The van der Waals surface area contributed by atoms with Crippen molar-refractivity contribution in [3.63, 3.8) is 0 Å². The molecule has 0 aliphatic carbocycles. The van der Waals surface area contributed by atoms with Gasteiger partial charge in [0.05, 0.1) is 12.7 Å². The molecule has 2 aromatic heterocycles. The summed E-state index contributed by atoms with van der Waals surface area (Å²) < 4.78 is 3.70. The number of carbonyl (C=O) groups is 3. The first kappa shape index (κ1) is 26.1. The summed E-state index contributed by atoms with van der Waals surface area (Å²) in [6.07, 6.45) is 10.4. The van der Waals surface area contributed by atoms with E-state index in [1.807, 2.05) is 45.8 Å². The molecule has 2 N–H and O–H groups in total. The molecule has 0 radical (unpaired) electrons. The Morgan fingerprint density at radius 3 is 1.17 bits per heavy atom. The lowest BCUT2D eigenvalue weighted by molar-refractivity contribution is 0.101. The third kappa shape index (κ3) is 5.75. The molecule has 204 valence electrons. The summed E-state index contributed by atoms with van der Waals surface area (Å²) in [5.74, 6) is -0.674. The Morgan fingerprint density at radius 1 is 0.476 bits per heavy atom. The van der Waals surface area contributed by atoms with Crippen molar-refractivity contribution >= 4 is 29.0 Å². The van der Waals surface area contributed by atoms with Crippen LogP contribution < -0.4 is 10.6 Å². The molecule has 4 aromatic carbocycles. The second-order valence-corrected chi connectivity index (χ2v) is 9.43. The molecule has 0 fully saturated rings. The van der Waals surface area contributed by atoms with Crippen LogP contribution in [0.5, 0.6) is 0 Å². The molecule has 9 nitrogen and oxygen atoms in total. The monoisotopic (exact) mass is 552 g/mol. The number of amides is 2. The van der Waals surface area contributed by atoms with Crippen molar-refractivity contribution in [3.05, 3.63) is 157 Å². The summed E-state index contributed by atoms with van der Waals surface area (Å²) in [5.41, 5.74) is 4.94. The standard InChI is InChI=1S/C33H24N6O3/c40-31(23-1-9-27(10-2-23)36-32(41)25-5-13-29(14-6-25)38-19-17-34-21-38)24-3-11-28(12-4-24)37-33(42)26-7-15-30(16-8-26)39-20-18-35-22-39/h1-22H,(H,36,41)(H,37,42). The Hall–Kier alpha value is -6.09. The lowest BCUT2D eigenvalue weighted by atomic mass is 10.0. The van der Waals surface area contributed by atoms with Gasteiger partial charge in [-0.05, 0) is 97.1 Å². The predicted octanol–water partition coefficient (Wildman–Crippen LogP) is 5.79. The Bertz CT molecular complexity index is 1690. The highest BCUT2D eigenvalue weighted by Gasteiger charge is 2.12. The quantitative estimate of drug-likeness (QED) is 0.232. The molecule has 0 saturated carbocycles. The second kappa shape index (κ2) is 11.6. The Balaban J connectivity index is 1.05. The maximum Gasteiger partial charge on any atom is 0.255 e. The summed E-state index contributed by atoms with van der Waals surface area (Å²) >= 11 is 0. The lowest BCUT2D eigenvalue weighted by Crippen LogP contribution is -2.12. The minimum atomic E-state index is -0.252. The molecule has 42 heavy (non-hydrogen) atoms. The molecular weight excluding hydrogens is 528 g/mol. The zero-order chi connectivity index (χ0) is 28.9. The van der Waals surface area contributed by atoms with Crippen LogP contribution in [0.1, 0.15) is 36.6 Å². The normalized spacial score (nSPS) is 10.7. The summed E-state index contributed by atoms with van der Waals surface area (Å²) in [5, 5.41) is 5.71. The maximum atomic E-state index is 13.0. The largest absolute Gasteiger partial charge is 0.322 e. The first-order chi connectivity index (χ1) is 20.5. The van der Waals surface area contributed by atoms with Gasteiger partial charge >= 0.3 is 0 Å². The average molecular weight is 553 g/mol. The molecule has 0 atom stereocenters. The van der Waals surface area contributed by atoms with E-state index >= 15 is 0 Å². The fraction of sp³-hybridized carbons (Fsp3) is 0. The number of hydrogen-bond donors (Lipinski definition) is 2. The van der Waals surface area contributed by atoms with Crippen molar-refractivity contribution in [1.82, 2.24) is 19.1 Å². The third-order valence-electron chi connectivity index (χ3n) is 6.67. The van der Waals surface area contributed by atoms with Crippen LogP contribution in [0, 0.1) is 0 Å². The van der Waals surface area contributed by atoms with Crippen LogP contribution in [-0.2, 0) is 0 Å². The van der Waals surface area contributed by atoms with Gasteiger partial charge in [0, 0.05) is 69.8 Å². The van der Waals surface area contributed by atoms with Crippen LogP contribution in [0.2, 0.25) is 0 Å². The van der Waals surface area contributed by atoms with Crippen molar-refractivity contribution in [2.24, 2.45) is 0 Å².